The monoisotopic (exact) mass is 390 g/mol. The van der Waals surface area contributed by atoms with Gasteiger partial charge in [-0.1, -0.05) is 36.4 Å². The van der Waals surface area contributed by atoms with Crippen molar-refractivity contribution in [3.8, 4) is 5.75 Å². The Morgan fingerprint density at radius 3 is 2.79 bits per heavy atom. The van der Waals surface area contributed by atoms with Crippen LogP contribution in [0.5, 0.6) is 5.75 Å². The van der Waals surface area contributed by atoms with Crippen molar-refractivity contribution in [3.05, 3.63) is 66.7 Å². The minimum atomic E-state index is -0.559. The Morgan fingerprint density at radius 2 is 1.82 bits per heavy atom. The van der Waals surface area contributed by atoms with Gasteiger partial charge in [0, 0.05) is 40.0 Å². The second-order valence-corrected chi connectivity index (χ2v) is 8.21. The summed E-state index contributed by atoms with van der Waals surface area (Å²) in [6.45, 7) is 1.78. The number of thioether (sulfide) groups is 1. The molecule has 5 heteroatoms. The fourth-order valence-corrected chi connectivity index (χ4v) is 4.95. The van der Waals surface area contributed by atoms with Gasteiger partial charge in [-0.05, 0) is 30.3 Å². The molecule has 2 heterocycles. The first kappa shape index (κ1) is 17.5. The van der Waals surface area contributed by atoms with Crippen LogP contribution in [-0.4, -0.2) is 41.6 Å². The molecular weight excluding hydrogens is 368 g/mol. The van der Waals surface area contributed by atoms with Gasteiger partial charge in [0.25, 0.3) is 0 Å². The van der Waals surface area contributed by atoms with E-state index in [1.54, 1.807) is 0 Å². The topological polar surface area (TPSA) is 48.5 Å². The van der Waals surface area contributed by atoms with E-state index in [-0.39, 0.29) is 6.61 Å². The summed E-state index contributed by atoms with van der Waals surface area (Å²) in [5.41, 5.74) is 3.35. The average molecular weight is 391 g/mol. The summed E-state index contributed by atoms with van der Waals surface area (Å²) in [5, 5.41) is 12.9. The molecule has 28 heavy (non-hydrogen) atoms. The molecular formula is C23H22N2O2S. The molecule has 142 valence electrons. The Bertz CT molecular complexity index is 1120. The number of rotatable bonds is 5. The Labute approximate surface area is 168 Å². The summed E-state index contributed by atoms with van der Waals surface area (Å²) in [7, 11) is 0. The predicted octanol–water partition coefficient (Wildman–Crippen LogP) is 4.67. The third kappa shape index (κ3) is 3.21. The molecule has 1 atom stereocenters. The number of ether oxygens (including phenoxy) is 1. The van der Waals surface area contributed by atoms with Gasteiger partial charge < -0.3 is 19.7 Å². The summed E-state index contributed by atoms with van der Waals surface area (Å²) < 4.78 is 6.08. The maximum Gasteiger partial charge on any atom is 0.129 e. The summed E-state index contributed by atoms with van der Waals surface area (Å²) in [4.78, 5) is 6.97. The van der Waals surface area contributed by atoms with Crippen molar-refractivity contribution >= 4 is 39.3 Å². The zero-order valence-corrected chi connectivity index (χ0v) is 16.3. The van der Waals surface area contributed by atoms with Gasteiger partial charge in [0.2, 0.25) is 0 Å². The molecule has 0 amide bonds. The highest BCUT2D eigenvalue weighted by Gasteiger charge is 2.20. The first-order valence-electron chi connectivity index (χ1n) is 9.57. The molecule has 1 aromatic heterocycles. The third-order valence-electron chi connectivity index (χ3n) is 5.18. The van der Waals surface area contributed by atoms with Crippen LogP contribution in [0.15, 0.2) is 71.6 Å². The number of aliphatic hydroxyl groups excluding tert-OH is 1. The van der Waals surface area contributed by atoms with Gasteiger partial charge in [-0.15, -0.1) is 11.8 Å². The molecule has 0 spiro atoms. The van der Waals surface area contributed by atoms with Gasteiger partial charge in [0.05, 0.1) is 11.2 Å². The van der Waals surface area contributed by atoms with Crippen molar-refractivity contribution in [2.45, 2.75) is 11.0 Å². The van der Waals surface area contributed by atoms with Gasteiger partial charge in [0.15, 0.2) is 0 Å². The van der Waals surface area contributed by atoms with Crippen LogP contribution in [0.4, 0.5) is 5.69 Å². The Morgan fingerprint density at radius 1 is 1.00 bits per heavy atom. The van der Waals surface area contributed by atoms with Crippen LogP contribution in [0.1, 0.15) is 0 Å². The summed E-state index contributed by atoms with van der Waals surface area (Å²) in [6, 6.07) is 22.6. The van der Waals surface area contributed by atoms with Crippen LogP contribution in [0, 0.1) is 0 Å². The van der Waals surface area contributed by atoms with E-state index < -0.39 is 6.10 Å². The highest BCUT2D eigenvalue weighted by atomic mass is 32.2. The number of nitrogens with zero attached hydrogens (tertiary/aromatic N) is 1. The van der Waals surface area contributed by atoms with Crippen molar-refractivity contribution in [1.82, 2.24) is 4.98 Å². The molecule has 0 radical (unpaired) electrons. The number of aliphatic hydroxyl groups is 1. The van der Waals surface area contributed by atoms with E-state index in [9.17, 15) is 5.11 Å². The van der Waals surface area contributed by atoms with Gasteiger partial charge in [-0.2, -0.15) is 0 Å². The van der Waals surface area contributed by atoms with Crippen molar-refractivity contribution in [1.29, 1.82) is 0 Å². The number of aromatic amines is 1. The van der Waals surface area contributed by atoms with Crippen LogP contribution < -0.4 is 9.64 Å². The number of aromatic nitrogens is 1. The molecule has 0 bridgehead atoms. The molecule has 1 aliphatic rings. The van der Waals surface area contributed by atoms with E-state index in [0.717, 1.165) is 39.9 Å². The number of H-pyrrole nitrogens is 1. The lowest BCUT2D eigenvalue weighted by molar-refractivity contribution is 0.113. The van der Waals surface area contributed by atoms with Crippen molar-refractivity contribution in [2.75, 3.05) is 30.3 Å². The van der Waals surface area contributed by atoms with Gasteiger partial charge in [-0.25, -0.2) is 0 Å². The number of para-hydroxylation sites is 2. The first-order chi connectivity index (χ1) is 13.8. The summed E-state index contributed by atoms with van der Waals surface area (Å²) >= 11 is 1.88. The van der Waals surface area contributed by atoms with E-state index in [4.69, 9.17) is 4.74 Å². The van der Waals surface area contributed by atoms with Crippen molar-refractivity contribution < 1.29 is 9.84 Å². The Hall–Kier alpha value is -2.63. The van der Waals surface area contributed by atoms with E-state index in [0.29, 0.717) is 6.54 Å². The van der Waals surface area contributed by atoms with Crippen molar-refractivity contribution in [2.24, 2.45) is 0 Å². The number of hydrogen-bond acceptors (Lipinski definition) is 4. The van der Waals surface area contributed by atoms with Gasteiger partial charge in [0.1, 0.15) is 18.5 Å². The number of anilines is 1. The van der Waals surface area contributed by atoms with Crippen LogP contribution in [-0.2, 0) is 0 Å². The second kappa shape index (κ2) is 7.41. The highest BCUT2D eigenvalue weighted by Crippen LogP contribution is 2.35. The molecule has 0 saturated carbocycles. The molecule has 1 aliphatic heterocycles. The largest absolute Gasteiger partial charge is 0.490 e. The molecule has 0 aliphatic carbocycles. The summed E-state index contributed by atoms with van der Waals surface area (Å²) in [5.74, 6) is 1.85. The fraction of sp³-hybridized carbons (Fsp3) is 0.217. The minimum absolute atomic E-state index is 0.268. The quantitative estimate of drug-likeness (QED) is 0.520. The lowest BCUT2D eigenvalue weighted by Crippen LogP contribution is -2.38. The standard InChI is InChI=1S/C23H22N2O2S/c26-16(14-25-12-13-28-22-11-4-3-9-20(22)25)15-27-21-10-5-8-19-23(21)17-6-1-2-7-18(17)24-19/h1-11,16,24,26H,12-15H2. The van der Waals surface area contributed by atoms with Gasteiger partial charge in [-0.3, -0.25) is 0 Å². The zero-order valence-electron chi connectivity index (χ0n) is 15.5. The SMILES string of the molecule is OC(COc1cccc2[nH]c3ccccc3c12)CN1CCSc2ccccc21. The lowest BCUT2D eigenvalue weighted by Gasteiger charge is -2.32. The molecule has 0 saturated heterocycles. The molecule has 1 unspecified atom stereocenters. The number of β-amino-alcohol motifs (C(OH)–C–C–N with tert-alkyl or cyclic N) is 1. The summed E-state index contributed by atoms with van der Waals surface area (Å²) in [6.07, 6.45) is -0.559. The smallest absolute Gasteiger partial charge is 0.129 e. The number of nitrogens with one attached hydrogen (secondary N) is 1. The van der Waals surface area contributed by atoms with E-state index in [1.165, 1.54) is 10.6 Å². The normalized spacial score (nSPS) is 15.0. The zero-order chi connectivity index (χ0) is 18.9. The lowest BCUT2D eigenvalue weighted by atomic mass is 10.1. The molecule has 0 fully saturated rings. The maximum atomic E-state index is 10.6. The second-order valence-electron chi connectivity index (χ2n) is 7.08. The molecule has 5 rings (SSSR count). The minimum Gasteiger partial charge on any atom is -0.490 e. The van der Waals surface area contributed by atoms with E-state index in [1.807, 2.05) is 36.0 Å². The van der Waals surface area contributed by atoms with Crippen LogP contribution in [0.25, 0.3) is 21.8 Å². The highest BCUT2D eigenvalue weighted by molar-refractivity contribution is 7.99. The van der Waals surface area contributed by atoms with E-state index in [2.05, 4.69) is 52.3 Å². The average Bonchev–Trinajstić information content (AvgIpc) is 3.12. The number of benzene rings is 3. The Kier molecular flexibility index (Phi) is 4.63. The number of fused-ring (bicyclic) bond motifs is 4. The third-order valence-corrected chi connectivity index (χ3v) is 6.22. The first-order valence-corrected chi connectivity index (χ1v) is 10.6. The van der Waals surface area contributed by atoms with Crippen LogP contribution >= 0.6 is 11.8 Å². The molecule has 4 aromatic rings. The van der Waals surface area contributed by atoms with Crippen LogP contribution in [0.2, 0.25) is 0 Å². The molecule has 4 nitrogen and oxygen atoms in total. The van der Waals surface area contributed by atoms with Crippen LogP contribution in [0.3, 0.4) is 0 Å². The van der Waals surface area contributed by atoms with E-state index >= 15 is 0 Å². The maximum absolute atomic E-state index is 10.6. The predicted molar refractivity (Wildman–Crippen MR) is 117 cm³/mol. The van der Waals surface area contributed by atoms with Crippen molar-refractivity contribution in [3.63, 3.8) is 0 Å². The fourth-order valence-electron chi connectivity index (χ4n) is 3.90. The Balaban J connectivity index is 1.33. The molecule has 2 N–H and O–H groups in total. The van der Waals surface area contributed by atoms with Gasteiger partial charge >= 0.3 is 0 Å². The number of hydrogen-bond donors (Lipinski definition) is 2. The molecule has 3 aromatic carbocycles.